The monoisotopic (exact) mass is 364 g/mol. The Kier molecular flexibility index (Phi) is 3.96. The van der Waals surface area contributed by atoms with E-state index in [2.05, 4.69) is 25.4 Å². The van der Waals surface area contributed by atoms with Gasteiger partial charge in [0.05, 0.1) is 23.0 Å². The fourth-order valence-electron chi connectivity index (χ4n) is 2.76. The molecule has 0 bridgehead atoms. The van der Waals surface area contributed by atoms with Crippen LogP contribution in [-0.2, 0) is 0 Å². The van der Waals surface area contributed by atoms with Crippen LogP contribution in [0.3, 0.4) is 0 Å². The maximum absolute atomic E-state index is 12.7. The number of rotatable bonds is 3. The number of aryl methyl sites for hydroxylation is 3. The third-order valence-electron chi connectivity index (χ3n) is 4.06. The predicted octanol–water partition coefficient (Wildman–Crippen LogP) is 3.26. The molecule has 7 nitrogen and oxygen atoms in total. The highest BCUT2D eigenvalue weighted by atomic mass is 32.1. The van der Waals surface area contributed by atoms with Crippen LogP contribution in [0, 0.1) is 20.8 Å². The van der Waals surface area contributed by atoms with Gasteiger partial charge in [0, 0.05) is 35.1 Å². The van der Waals surface area contributed by atoms with Gasteiger partial charge in [-0.2, -0.15) is 0 Å². The number of aromatic nitrogens is 5. The van der Waals surface area contributed by atoms with Crippen LogP contribution in [0.25, 0.3) is 21.7 Å². The zero-order valence-corrected chi connectivity index (χ0v) is 15.3. The number of amides is 1. The summed E-state index contributed by atoms with van der Waals surface area (Å²) in [6, 6.07) is 1.92. The number of hydrogen-bond acceptors (Lipinski definition) is 6. The van der Waals surface area contributed by atoms with Gasteiger partial charge in [-0.3, -0.25) is 19.9 Å². The van der Waals surface area contributed by atoms with Crippen molar-refractivity contribution in [3.8, 4) is 10.8 Å². The molecule has 0 aliphatic rings. The topological polar surface area (TPSA) is 85.6 Å². The van der Waals surface area contributed by atoms with Gasteiger partial charge in [-0.05, 0) is 32.4 Å². The van der Waals surface area contributed by atoms with Crippen molar-refractivity contribution < 1.29 is 4.79 Å². The van der Waals surface area contributed by atoms with Crippen LogP contribution in [0.2, 0.25) is 0 Å². The van der Waals surface area contributed by atoms with Gasteiger partial charge >= 0.3 is 0 Å². The molecule has 0 saturated carbocycles. The van der Waals surface area contributed by atoms with E-state index in [1.807, 2.05) is 31.5 Å². The Balaban J connectivity index is 1.64. The molecular weight excluding hydrogens is 348 g/mol. The number of fused-ring (bicyclic) bond motifs is 1. The Hall–Kier alpha value is -3.13. The molecule has 0 unspecified atom stereocenters. The molecule has 1 N–H and O–H groups in total. The molecule has 0 aliphatic heterocycles. The number of carbonyl (C=O) groups excluding carboxylic acids is 1. The highest BCUT2D eigenvalue weighted by Crippen LogP contribution is 2.21. The number of carbonyl (C=O) groups is 1. The molecule has 0 aliphatic carbocycles. The van der Waals surface area contributed by atoms with Crippen molar-refractivity contribution in [2.24, 2.45) is 0 Å². The summed E-state index contributed by atoms with van der Waals surface area (Å²) in [5.41, 5.74) is 6.72. The van der Waals surface area contributed by atoms with Crippen LogP contribution in [0.5, 0.6) is 0 Å². The van der Waals surface area contributed by atoms with Gasteiger partial charge in [0.25, 0.3) is 5.91 Å². The second-order valence-corrected chi connectivity index (χ2v) is 6.86. The number of nitrogens with zero attached hydrogens (tertiary/aromatic N) is 5. The Morgan fingerprint density at radius 1 is 1.19 bits per heavy atom. The van der Waals surface area contributed by atoms with E-state index >= 15 is 0 Å². The van der Waals surface area contributed by atoms with Crippen molar-refractivity contribution in [3.63, 3.8) is 0 Å². The highest BCUT2D eigenvalue weighted by Gasteiger charge is 2.15. The molecule has 26 heavy (non-hydrogen) atoms. The van der Waals surface area contributed by atoms with Crippen LogP contribution in [0.1, 0.15) is 27.3 Å². The van der Waals surface area contributed by atoms with E-state index < -0.39 is 0 Å². The van der Waals surface area contributed by atoms with Crippen molar-refractivity contribution >= 4 is 28.1 Å². The molecule has 130 valence electrons. The van der Waals surface area contributed by atoms with Gasteiger partial charge in [0.1, 0.15) is 0 Å². The SMILES string of the molecule is Cc1csc(-c2ncc(C(=O)Nn3cc(C)c4ccncc43)c(C)n2)n1. The average molecular weight is 364 g/mol. The minimum absolute atomic E-state index is 0.273. The first-order valence-electron chi connectivity index (χ1n) is 8.02. The third kappa shape index (κ3) is 2.84. The largest absolute Gasteiger partial charge is 0.273 e. The van der Waals surface area contributed by atoms with Crippen LogP contribution < -0.4 is 5.43 Å². The zero-order chi connectivity index (χ0) is 18.3. The van der Waals surface area contributed by atoms with Crippen molar-refractivity contribution in [1.29, 1.82) is 0 Å². The van der Waals surface area contributed by atoms with E-state index in [4.69, 9.17) is 0 Å². The number of thiazole rings is 1. The van der Waals surface area contributed by atoms with E-state index in [1.54, 1.807) is 30.2 Å². The minimum atomic E-state index is -0.273. The summed E-state index contributed by atoms with van der Waals surface area (Å²) in [6.45, 7) is 5.71. The lowest BCUT2D eigenvalue weighted by Crippen LogP contribution is -2.23. The molecule has 4 aromatic heterocycles. The normalized spacial score (nSPS) is 11.0. The van der Waals surface area contributed by atoms with Crippen LogP contribution in [-0.4, -0.2) is 30.5 Å². The Bertz CT molecular complexity index is 1130. The Labute approximate surface area is 153 Å². The molecule has 0 aromatic carbocycles. The van der Waals surface area contributed by atoms with E-state index in [-0.39, 0.29) is 5.91 Å². The van der Waals surface area contributed by atoms with Crippen LogP contribution in [0.15, 0.2) is 36.2 Å². The highest BCUT2D eigenvalue weighted by molar-refractivity contribution is 7.13. The summed E-state index contributed by atoms with van der Waals surface area (Å²) in [5.74, 6) is 0.258. The molecule has 0 spiro atoms. The van der Waals surface area contributed by atoms with Gasteiger partial charge in [0.2, 0.25) is 0 Å². The zero-order valence-electron chi connectivity index (χ0n) is 14.5. The van der Waals surface area contributed by atoms with Gasteiger partial charge in [0.15, 0.2) is 10.8 Å². The molecule has 8 heteroatoms. The first kappa shape index (κ1) is 16.3. The van der Waals surface area contributed by atoms with E-state index in [0.29, 0.717) is 17.1 Å². The average Bonchev–Trinajstić information content (AvgIpc) is 3.19. The molecule has 0 atom stereocenters. The summed E-state index contributed by atoms with van der Waals surface area (Å²) < 4.78 is 1.68. The predicted molar refractivity (Wildman–Crippen MR) is 101 cm³/mol. The number of nitrogens with one attached hydrogen (secondary N) is 1. The van der Waals surface area contributed by atoms with E-state index in [9.17, 15) is 4.79 Å². The lowest BCUT2D eigenvalue weighted by Gasteiger charge is -2.09. The van der Waals surface area contributed by atoms with Gasteiger partial charge in [-0.15, -0.1) is 11.3 Å². The summed E-state index contributed by atoms with van der Waals surface area (Å²) >= 11 is 1.48. The van der Waals surface area contributed by atoms with Gasteiger partial charge in [-0.1, -0.05) is 0 Å². The summed E-state index contributed by atoms with van der Waals surface area (Å²) in [6.07, 6.45) is 6.87. The molecule has 0 fully saturated rings. The van der Waals surface area contributed by atoms with Crippen molar-refractivity contribution in [2.45, 2.75) is 20.8 Å². The summed E-state index contributed by atoms with van der Waals surface area (Å²) in [7, 11) is 0. The minimum Gasteiger partial charge on any atom is -0.267 e. The third-order valence-corrected chi connectivity index (χ3v) is 5.02. The van der Waals surface area contributed by atoms with Crippen molar-refractivity contribution in [1.82, 2.24) is 24.6 Å². The van der Waals surface area contributed by atoms with Gasteiger partial charge < -0.3 is 0 Å². The number of pyridine rings is 1. The maximum atomic E-state index is 12.7. The molecule has 1 amide bonds. The first-order chi connectivity index (χ1) is 12.5. The maximum Gasteiger partial charge on any atom is 0.273 e. The smallest absolute Gasteiger partial charge is 0.267 e. The summed E-state index contributed by atoms with van der Waals surface area (Å²) in [5, 5.41) is 3.74. The molecule has 0 saturated heterocycles. The molecule has 4 rings (SSSR count). The molecule has 4 heterocycles. The number of hydrogen-bond donors (Lipinski definition) is 1. The molecule has 4 aromatic rings. The van der Waals surface area contributed by atoms with Gasteiger partial charge in [-0.25, -0.2) is 15.0 Å². The standard InChI is InChI=1S/C18H16N6OS/c1-10-8-24(15-7-19-5-4-13(10)15)23-17(25)14-6-20-16(22-12(14)3)18-21-11(2)9-26-18/h4-9H,1-3H3,(H,23,25). The van der Waals surface area contributed by atoms with Crippen LogP contribution >= 0.6 is 11.3 Å². The molecule has 0 radical (unpaired) electrons. The Morgan fingerprint density at radius 3 is 2.77 bits per heavy atom. The first-order valence-corrected chi connectivity index (χ1v) is 8.90. The lowest BCUT2D eigenvalue weighted by atomic mass is 10.2. The molecular formula is C18H16N6OS. The van der Waals surface area contributed by atoms with Crippen LogP contribution in [0.4, 0.5) is 0 Å². The second-order valence-electron chi connectivity index (χ2n) is 6.00. The second kappa shape index (κ2) is 6.30. The van der Waals surface area contributed by atoms with Crippen molar-refractivity contribution in [3.05, 3.63) is 58.7 Å². The lowest BCUT2D eigenvalue weighted by molar-refractivity contribution is 0.101. The van der Waals surface area contributed by atoms with Crippen molar-refractivity contribution in [2.75, 3.05) is 5.43 Å². The van der Waals surface area contributed by atoms with E-state index in [0.717, 1.165) is 27.2 Å². The quantitative estimate of drug-likeness (QED) is 0.603. The fourth-order valence-corrected chi connectivity index (χ4v) is 3.49. The fraction of sp³-hybridized carbons (Fsp3) is 0.167. The summed E-state index contributed by atoms with van der Waals surface area (Å²) in [4.78, 5) is 30.0. The van der Waals surface area contributed by atoms with E-state index in [1.165, 1.54) is 11.3 Å². The Morgan fingerprint density at radius 2 is 2.04 bits per heavy atom.